The van der Waals surface area contributed by atoms with Crippen LogP contribution in [0.15, 0.2) is 36.7 Å². The third kappa shape index (κ3) is 10.4. The van der Waals surface area contributed by atoms with Gasteiger partial charge in [0.2, 0.25) is 11.8 Å². The van der Waals surface area contributed by atoms with Gasteiger partial charge in [0.15, 0.2) is 0 Å². The molecule has 2 aliphatic heterocycles. The SMILES string of the molecule is C#CCOCCOCCNC(=O)CCSNCC(C)OC(=O)N1CCC2(CC1)C(=O)N(Cc1nc3cc(Cl)ccc3n1CCCCF)c1cnccc12. The van der Waals surface area contributed by atoms with Gasteiger partial charge < -0.3 is 33.9 Å². The zero-order valence-electron chi connectivity index (χ0n) is 30.0. The van der Waals surface area contributed by atoms with Crippen LogP contribution in [-0.2, 0) is 42.3 Å². The van der Waals surface area contributed by atoms with Crippen LogP contribution >= 0.6 is 23.5 Å². The number of carbonyl (C=O) groups is 3. The lowest BCUT2D eigenvalue weighted by Crippen LogP contribution is -2.50. The molecule has 1 saturated heterocycles. The zero-order valence-corrected chi connectivity index (χ0v) is 31.6. The van der Waals surface area contributed by atoms with E-state index in [0.717, 1.165) is 22.3 Å². The third-order valence-corrected chi connectivity index (χ3v) is 10.3. The van der Waals surface area contributed by atoms with E-state index in [4.69, 9.17) is 37.2 Å². The number of aryl methyl sites for hydroxylation is 1. The second-order valence-corrected chi connectivity index (χ2v) is 14.3. The summed E-state index contributed by atoms with van der Waals surface area (Å²) in [7, 11) is 0. The number of rotatable bonds is 20. The van der Waals surface area contributed by atoms with Gasteiger partial charge in [-0.05, 0) is 62.4 Å². The van der Waals surface area contributed by atoms with Crippen molar-refractivity contribution in [1.82, 2.24) is 29.5 Å². The topological polar surface area (TPSA) is 140 Å². The summed E-state index contributed by atoms with van der Waals surface area (Å²) in [6.07, 6.45) is 9.96. The van der Waals surface area contributed by atoms with Gasteiger partial charge >= 0.3 is 6.09 Å². The molecule has 53 heavy (non-hydrogen) atoms. The Hall–Kier alpha value is -3.94. The Bertz CT molecular complexity index is 1750. The summed E-state index contributed by atoms with van der Waals surface area (Å²) in [4.78, 5) is 52.1. The second kappa shape index (κ2) is 19.9. The molecule has 2 aliphatic rings. The first-order valence-corrected chi connectivity index (χ1v) is 19.3. The van der Waals surface area contributed by atoms with Crippen LogP contribution in [0.2, 0.25) is 5.02 Å². The van der Waals surface area contributed by atoms with Crippen molar-refractivity contribution < 1.29 is 33.0 Å². The lowest BCUT2D eigenvalue weighted by Gasteiger charge is -2.38. The Morgan fingerprint density at radius 2 is 1.98 bits per heavy atom. The molecule has 3 amide bonds. The number of alkyl halides is 1. The van der Waals surface area contributed by atoms with Crippen molar-refractivity contribution in [3.8, 4) is 12.3 Å². The smallest absolute Gasteiger partial charge is 0.410 e. The molecular formula is C37H47ClFN7O6S. The summed E-state index contributed by atoms with van der Waals surface area (Å²) in [6, 6.07) is 7.40. The van der Waals surface area contributed by atoms with Crippen LogP contribution in [0, 0.1) is 12.3 Å². The molecule has 3 aromatic rings. The largest absolute Gasteiger partial charge is 0.445 e. The summed E-state index contributed by atoms with van der Waals surface area (Å²) in [5, 5.41) is 3.37. The Balaban J connectivity index is 1.08. The number of hydrogen-bond acceptors (Lipinski definition) is 10. The molecule has 1 aromatic carbocycles. The van der Waals surface area contributed by atoms with E-state index >= 15 is 0 Å². The first-order chi connectivity index (χ1) is 25.8. The molecular weight excluding hydrogens is 725 g/mol. The number of aromatic nitrogens is 3. The summed E-state index contributed by atoms with van der Waals surface area (Å²) < 4.78 is 34.4. The van der Waals surface area contributed by atoms with Crippen molar-refractivity contribution in [1.29, 1.82) is 0 Å². The van der Waals surface area contributed by atoms with Crippen LogP contribution in [0.5, 0.6) is 0 Å². The van der Waals surface area contributed by atoms with Crippen LogP contribution in [0.1, 0.15) is 50.4 Å². The number of ether oxygens (including phenoxy) is 3. The van der Waals surface area contributed by atoms with Crippen molar-refractivity contribution in [3.05, 3.63) is 53.1 Å². The number of imidazole rings is 1. The van der Waals surface area contributed by atoms with Crippen LogP contribution in [0.3, 0.4) is 0 Å². The molecule has 0 saturated carbocycles. The number of benzene rings is 1. The van der Waals surface area contributed by atoms with Gasteiger partial charge in [0.25, 0.3) is 0 Å². The molecule has 1 atom stereocenters. The Morgan fingerprint density at radius 3 is 2.77 bits per heavy atom. The quantitative estimate of drug-likeness (QED) is 0.0949. The van der Waals surface area contributed by atoms with Crippen LogP contribution < -0.4 is 14.9 Å². The molecule has 5 rings (SSSR count). The number of nitrogens with zero attached hydrogens (tertiary/aromatic N) is 5. The average Bonchev–Trinajstić information content (AvgIpc) is 3.60. The number of carbonyl (C=O) groups excluding carboxylic acids is 3. The van der Waals surface area contributed by atoms with Crippen molar-refractivity contribution >= 4 is 58.2 Å². The molecule has 4 heterocycles. The molecule has 0 radical (unpaired) electrons. The molecule has 0 bridgehead atoms. The van der Waals surface area contributed by atoms with E-state index in [9.17, 15) is 18.8 Å². The Labute approximate surface area is 318 Å². The number of fused-ring (bicyclic) bond motifs is 3. The number of likely N-dealkylation sites (tertiary alicyclic amines) is 1. The monoisotopic (exact) mass is 771 g/mol. The zero-order chi connectivity index (χ0) is 37.6. The molecule has 2 aromatic heterocycles. The molecule has 16 heteroatoms. The molecule has 13 nitrogen and oxygen atoms in total. The fraction of sp³-hybridized carbons (Fsp3) is 0.541. The summed E-state index contributed by atoms with van der Waals surface area (Å²) in [5.41, 5.74) is 2.43. The maximum Gasteiger partial charge on any atom is 0.410 e. The van der Waals surface area contributed by atoms with E-state index < -0.39 is 24.3 Å². The first-order valence-electron chi connectivity index (χ1n) is 17.9. The van der Waals surface area contributed by atoms with Gasteiger partial charge in [0, 0.05) is 56.1 Å². The average molecular weight is 772 g/mol. The van der Waals surface area contributed by atoms with E-state index in [1.54, 1.807) is 34.3 Å². The predicted octanol–water partition coefficient (Wildman–Crippen LogP) is 4.65. The molecule has 2 N–H and O–H groups in total. The first kappa shape index (κ1) is 40.2. The molecule has 1 unspecified atom stereocenters. The van der Waals surface area contributed by atoms with E-state index in [1.807, 2.05) is 23.6 Å². The van der Waals surface area contributed by atoms with Crippen molar-refractivity contribution in [2.24, 2.45) is 0 Å². The minimum absolute atomic E-state index is 0.0485. The van der Waals surface area contributed by atoms with Gasteiger partial charge in [-0.3, -0.25) is 23.7 Å². The van der Waals surface area contributed by atoms with Crippen molar-refractivity contribution in [2.45, 2.75) is 63.6 Å². The van der Waals surface area contributed by atoms with Gasteiger partial charge in [-0.2, -0.15) is 0 Å². The lowest BCUT2D eigenvalue weighted by molar-refractivity contribution is -0.125. The summed E-state index contributed by atoms with van der Waals surface area (Å²) >= 11 is 7.66. The number of unbranched alkanes of at least 4 members (excludes halogenated alkanes) is 1. The van der Waals surface area contributed by atoms with Gasteiger partial charge in [0.1, 0.15) is 18.5 Å². The van der Waals surface area contributed by atoms with Gasteiger partial charge in [-0.15, -0.1) is 6.42 Å². The highest BCUT2D eigenvalue weighted by atomic mass is 35.5. The fourth-order valence-corrected chi connectivity index (χ4v) is 7.56. The van der Waals surface area contributed by atoms with E-state index in [0.29, 0.717) is 101 Å². The highest BCUT2D eigenvalue weighted by Gasteiger charge is 2.53. The van der Waals surface area contributed by atoms with E-state index in [1.165, 1.54) is 11.9 Å². The summed E-state index contributed by atoms with van der Waals surface area (Å²) in [6.45, 7) is 5.20. The Morgan fingerprint density at radius 1 is 1.17 bits per heavy atom. The van der Waals surface area contributed by atoms with E-state index in [-0.39, 0.29) is 25.0 Å². The Kier molecular flexibility index (Phi) is 15.1. The molecule has 1 spiro atoms. The summed E-state index contributed by atoms with van der Waals surface area (Å²) in [5.74, 6) is 3.49. The van der Waals surface area contributed by atoms with Crippen molar-refractivity contribution in [2.75, 3.05) is 69.9 Å². The second-order valence-electron chi connectivity index (χ2n) is 12.9. The maximum absolute atomic E-state index is 14.4. The molecule has 0 aliphatic carbocycles. The number of pyridine rings is 1. The van der Waals surface area contributed by atoms with Gasteiger partial charge in [-0.1, -0.05) is 29.5 Å². The maximum atomic E-state index is 14.4. The highest BCUT2D eigenvalue weighted by Crippen LogP contribution is 2.48. The number of nitrogens with one attached hydrogen (secondary N) is 2. The predicted molar refractivity (Wildman–Crippen MR) is 202 cm³/mol. The molecule has 286 valence electrons. The number of amides is 3. The van der Waals surface area contributed by atoms with Gasteiger partial charge in [0.05, 0.1) is 61.4 Å². The minimum atomic E-state index is -0.802. The molecule has 1 fully saturated rings. The van der Waals surface area contributed by atoms with E-state index in [2.05, 4.69) is 20.9 Å². The lowest BCUT2D eigenvalue weighted by atomic mass is 9.74. The number of piperidine rings is 1. The highest BCUT2D eigenvalue weighted by molar-refractivity contribution is 7.97. The number of anilines is 1. The normalized spacial score (nSPS) is 15.5. The number of halogens is 2. The van der Waals surface area contributed by atoms with Crippen molar-refractivity contribution in [3.63, 3.8) is 0 Å². The van der Waals surface area contributed by atoms with Crippen LogP contribution in [-0.4, -0.2) is 108 Å². The van der Waals surface area contributed by atoms with Crippen LogP contribution in [0.25, 0.3) is 11.0 Å². The fourth-order valence-electron chi connectivity index (χ4n) is 6.61. The third-order valence-electron chi connectivity index (χ3n) is 9.32. The van der Waals surface area contributed by atoms with Crippen LogP contribution in [0.4, 0.5) is 14.9 Å². The minimum Gasteiger partial charge on any atom is -0.445 e. The number of terminal acetylenes is 1. The standard InChI is InChI=1S/C37H47ClFN7O6S/c1-3-18-50-20-21-51-19-14-41-34(47)9-22-53-42-24-27(2)52-36(49)44-16-10-37(11-17-44)29-8-13-40-25-32(29)46(35(37)48)26-33-43-30-23-28(38)6-7-31(30)45(33)15-5-4-12-39/h1,6-8,13,23,25,27,42H,4-5,9-12,14-22,24,26H2,2H3,(H,41,47). The number of hydrogen-bond donors (Lipinski definition) is 2. The van der Waals surface area contributed by atoms with Gasteiger partial charge in [-0.25, -0.2) is 9.78 Å².